The van der Waals surface area contributed by atoms with Gasteiger partial charge in [0.15, 0.2) is 23.0 Å². The van der Waals surface area contributed by atoms with Crippen molar-refractivity contribution in [1.29, 1.82) is 0 Å². The van der Waals surface area contributed by atoms with Crippen LogP contribution >= 0.6 is 0 Å². The maximum absolute atomic E-state index is 7.07. The van der Waals surface area contributed by atoms with Crippen LogP contribution in [0.3, 0.4) is 0 Å². The second-order valence-corrected chi connectivity index (χ2v) is 34.8. The van der Waals surface area contributed by atoms with Gasteiger partial charge in [0.25, 0.3) is 0 Å². The second-order valence-electron chi connectivity index (χ2n) is 34.8. The van der Waals surface area contributed by atoms with Gasteiger partial charge in [-0.25, -0.2) is 9.97 Å². The van der Waals surface area contributed by atoms with E-state index >= 15 is 0 Å². The van der Waals surface area contributed by atoms with Gasteiger partial charge in [-0.2, -0.15) is 0 Å². The minimum absolute atomic E-state index is 0.495. The van der Waals surface area contributed by atoms with Gasteiger partial charge in [-0.05, 0) is 194 Å². The minimum Gasteiger partial charge on any atom is -0.490 e. The highest BCUT2D eigenvalue weighted by atomic mass is 16.5. The molecule has 2 aromatic carbocycles. The van der Waals surface area contributed by atoms with Crippen molar-refractivity contribution in [2.45, 2.75) is 279 Å². The van der Waals surface area contributed by atoms with E-state index in [2.05, 4.69) is 207 Å². The van der Waals surface area contributed by atoms with E-state index in [1.807, 2.05) is 12.2 Å². The number of aromatic nitrogens is 4. The van der Waals surface area contributed by atoms with Gasteiger partial charge in [-0.3, -0.25) is 0 Å². The molecule has 0 radical (unpaired) electrons. The summed E-state index contributed by atoms with van der Waals surface area (Å²) in [4.78, 5) is 18.7. The second kappa shape index (κ2) is 45.1. The normalized spacial score (nSPS) is 13.9. The quantitative estimate of drug-likeness (QED) is 0.0363. The molecule has 2 aliphatic heterocycles. The molecular weight excluding hydrogens is 1310 g/mol. The van der Waals surface area contributed by atoms with Crippen LogP contribution in [0.25, 0.3) is 68.6 Å². The van der Waals surface area contributed by atoms with Gasteiger partial charge in [-0.1, -0.05) is 252 Å². The third-order valence-electron chi connectivity index (χ3n) is 21.7. The number of rotatable bonds is 50. The fraction of sp³-hybridized carbons (Fsp3) is 0.625. The van der Waals surface area contributed by atoms with Crippen LogP contribution in [0.2, 0.25) is 0 Å². The number of fused-ring (bicyclic) bond motifs is 8. The third-order valence-corrected chi connectivity index (χ3v) is 21.7. The number of hydrogen-bond acceptors (Lipinski definition) is 8. The van der Waals surface area contributed by atoms with E-state index in [4.69, 9.17) is 51.2 Å². The highest BCUT2D eigenvalue weighted by Gasteiger charge is 2.26. The van der Waals surface area contributed by atoms with Gasteiger partial charge in [0.1, 0.15) is 0 Å². The first-order valence-electron chi connectivity index (χ1n) is 42.1. The molecule has 6 atom stereocenters. The molecule has 582 valence electrons. The molecule has 10 heteroatoms. The van der Waals surface area contributed by atoms with Crippen molar-refractivity contribution in [1.82, 2.24) is 19.9 Å². The van der Waals surface area contributed by atoms with Crippen LogP contribution < -0.4 is 28.4 Å². The number of aromatic amines is 2. The Morgan fingerprint density at radius 3 is 0.755 bits per heavy atom. The van der Waals surface area contributed by atoms with Crippen molar-refractivity contribution in [3.63, 3.8) is 0 Å². The summed E-state index contributed by atoms with van der Waals surface area (Å²) in [7, 11) is 0. The summed E-state index contributed by atoms with van der Waals surface area (Å²) in [5, 5.41) is 0. The molecule has 0 saturated heterocycles. The first-order valence-corrected chi connectivity index (χ1v) is 42.1. The van der Waals surface area contributed by atoms with E-state index in [1.54, 1.807) is 0 Å². The van der Waals surface area contributed by atoms with E-state index in [0.717, 1.165) is 120 Å². The van der Waals surface area contributed by atoms with Gasteiger partial charge in [-0.15, -0.1) is 12.8 Å². The number of terminal acetylenes is 2. The van der Waals surface area contributed by atoms with Crippen LogP contribution in [0, 0.1) is 95.7 Å². The Morgan fingerprint density at radius 1 is 0.292 bits per heavy atom. The van der Waals surface area contributed by atoms with Crippen LogP contribution in [0.4, 0.5) is 0 Å². The van der Waals surface area contributed by atoms with E-state index in [0.29, 0.717) is 168 Å². The highest BCUT2D eigenvalue weighted by molar-refractivity contribution is 5.96. The van der Waals surface area contributed by atoms with Crippen molar-refractivity contribution >= 4 is 46.4 Å². The van der Waals surface area contributed by atoms with Gasteiger partial charge in [0.2, 0.25) is 11.5 Å². The lowest BCUT2D eigenvalue weighted by molar-refractivity contribution is 0.216. The van der Waals surface area contributed by atoms with E-state index < -0.39 is 0 Å². The Hall–Kier alpha value is -7.04. The first kappa shape index (κ1) is 86.2. The maximum atomic E-state index is 7.07. The number of nitrogens with zero attached hydrogens (tertiary/aromatic N) is 2. The van der Waals surface area contributed by atoms with Crippen LogP contribution in [0.1, 0.15) is 313 Å². The summed E-state index contributed by atoms with van der Waals surface area (Å²) >= 11 is 0. The molecule has 7 rings (SSSR count). The van der Waals surface area contributed by atoms with E-state index in [1.165, 1.54) is 89.9 Å². The Morgan fingerprint density at radius 2 is 0.519 bits per heavy atom. The molecule has 3 aromatic heterocycles. The van der Waals surface area contributed by atoms with Crippen molar-refractivity contribution in [3.05, 3.63) is 82.4 Å². The Balaban J connectivity index is 1.43. The predicted octanol–water partition coefficient (Wildman–Crippen LogP) is 27.3. The average molecular weight is 1450 g/mol. The lowest BCUT2D eigenvalue weighted by Crippen LogP contribution is -2.11. The first-order chi connectivity index (χ1) is 50.9. The van der Waals surface area contributed by atoms with Crippen molar-refractivity contribution in [3.8, 4) is 81.4 Å². The predicted molar refractivity (Wildman–Crippen MR) is 453 cm³/mol. The number of ether oxygens (including phenoxy) is 6. The van der Waals surface area contributed by atoms with Gasteiger partial charge < -0.3 is 38.4 Å². The largest absolute Gasteiger partial charge is 0.490 e. The zero-order chi connectivity index (χ0) is 76.7. The Kier molecular flexibility index (Phi) is 36.6. The summed E-state index contributed by atoms with van der Waals surface area (Å²) in [5.41, 5.74) is 10.5. The van der Waals surface area contributed by atoms with Crippen molar-refractivity contribution in [2.75, 3.05) is 39.6 Å². The van der Waals surface area contributed by atoms with Gasteiger partial charge in [0, 0.05) is 22.2 Å². The Labute approximate surface area is 644 Å². The lowest BCUT2D eigenvalue weighted by Gasteiger charge is -2.21. The zero-order valence-electron chi connectivity index (χ0n) is 69.6. The fourth-order valence-electron chi connectivity index (χ4n) is 14.6. The molecule has 2 N–H and O–H groups in total. The minimum atomic E-state index is 0.495. The van der Waals surface area contributed by atoms with Crippen LogP contribution in [0.5, 0.6) is 34.5 Å². The highest BCUT2D eigenvalue weighted by Crippen LogP contribution is 2.47. The standard InChI is InChI=1S/C96H142N4O6/c1-21-79-81-41-45-85(97-81)93(77-61-89(101-55-49-71(15)35-23-29-65(3)4)95(105-59-53-75(19)39-27-33-69(11)12)90(62-77)102-56-50-72(16)36-24-30-66(5)6)87-47-43-83(99-87)80(22-2)84-44-48-88(100-84)94(86-46-42-82(79)98-86)78-63-91(103-57-51-73(17)37-25-31-67(7)8)96(106-60-54-76(20)40-28-34-70(13)14)92(64-78)104-58-52-74(18)38-26-32-68(9)10/h1-2,41-48,61-76,97,100H,23-40,49-60H2,3-20H3/t71-,72-,73-,74-,75-,76-/m0/s1. The fourth-order valence-corrected chi connectivity index (χ4v) is 14.6. The molecule has 106 heavy (non-hydrogen) atoms. The maximum Gasteiger partial charge on any atom is 0.203 e. The summed E-state index contributed by atoms with van der Waals surface area (Å²) < 4.78 is 42.3. The average Bonchev–Trinajstić information content (AvgIpc) is 1.23. The SMILES string of the molecule is C#Cc1c2nc(c(-c3cc(OCC[C@@H](C)CCCC(C)C)c(OCC[C@@H](C)CCCC(C)C)c(OCC[C@@H](C)CCCC(C)C)c3)c3ccc([nH]3)c(C#C)c3nc(c(-c4cc(OCC[C@@H](C)CCCC(C)C)c(OCC[C@@H](C)CCCC(C)C)c(OCC[C@@H](C)CCCC(C)C)c4)c4ccc1[nH]4)C=C3)C=C2. The van der Waals surface area contributed by atoms with Crippen molar-refractivity contribution in [2.24, 2.45) is 71.0 Å². The number of hydrogen-bond donors (Lipinski definition) is 2. The summed E-state index contributed by atoms with van der Waals surface area (Å²) in [6.45, 7) is 45.1. The lowest BCUT2D eigenvalue weighted by atomic mass is 9.97. The topological polar surface area (TPSA) is 113 Å². The number of H-pyrrole nitrogens is 2. The molecule has 8 bridgehead atoms. The molecular formula is C96H142N4O6. The summed E-state index contributed by atoms with van der Waals surface area (Å²) in [5.74, 6) is 17.2. The molecule has 5 aromatic rings. The Bertz CT molecular complexity index is 3450. The van der Waals surface area contributed by atoms with E-state index in [-0.39, 0.29) is 0 Å². The molecule has 0 aliphatic carbocycles. The molecule has 5 heterocycles. The molecule has 0 unspecified atom stereocenters. The zero-order valence-corrected chi connectivity index (χ0v) is 69.6. The summed E-state index contributed by atoms with van der Waals surface area (Å²) in [6, 6.07) is 16.9. The number of benzene rings is 2. The van der Waals surface area contributed by atoms with Crippen LogP contribution in [0.15, 0.2) is 48.5 Å². The molecule has 0 fully saturated rings. The third kappa shape index (κ3) is 28.5. The van der Waals surface area contributed by atoms with Crippen molar-refractivity contribution < 1.29 is 28.4 Å². The molecule has 0 saturated carbocycles. The summed E-state index contributed by atoms with van der Waals surface area (Å²) in [6.07, 6.45) is 48.7. The number of nitrogens with one attached hydrogen (secondary N) is 2. The van der Waals surface area contributed by atoms with E-state index in [9.17, 15) is 0 Å². The smallest absolute Gasteiger partial charge is 0.203 e. The van der Waals surface area contributed by atoms with Gasteiger partial charge in [0.05, 0.1) is 84.6 Å². The monoisotopic (exact) mass is 1450 g/mol. The molecule has 0 amide bonds. The van der Waals surface area contributed by atoms with Crippen LogP contribution in [-0.2, 0) is 0 Å². The molecule has 0 spiro atoms. The molecule has 2 aliphatic rings. The van der Waals surface area contributed by atoms with Gasteiger partial charge >= 0.3 is 0 Å². The molecule has 10 nitrogen and oxygen atoms in total. The van der Waals surface area contributed by atoms with Crippen LogP contribution in [-0.4, -0.2) is 59.6 Å².